The zero-order valence-electron chi connectivity index (χ0n) is 9.42. The predicted octanol–water partition coefficient (Wildman–Crippen LogP) is 2.08. The molecule has 0 spiro atoms. The molecular weight excluding hydrogens is 239 g/mol. The summed E-state index contributed by atoms with van der Waals surface area (Å²) < 4.78 is 13.7. The molecule has 1 aromatic carbocycles. The Labute approximate surface area is 101 Å². The molecule has 0 atom stereocenters. The minimum absolute atomic E-state index is 0.0378. The van der Waals surface area contributed by atoms with E-state index in [4.69, 9.17) is 5.73 Å². The maximum Gasteiger partial charge on any atom is 0.313 e. The number of hydrogen-bond acceptors (Lipinski definition) is 5. The molecule has 1 heterocycles. The second-order valence-corrected chi connectivity index (χ2v) is 3.70. The zero-order valence-corrected chi connectivity index (χ0v) is 9.42. The number of benzene rings is 1. The minimum atomic E-state index is -0.670. The van der Waals surface area contributed by atoms with E-state index in [1.54, 1.807) is 13.0 Å². The van der Waals surface area contributed by atoms with Crippen LogP contribution in [0.25, 0.3) is 11.3 Å². The topological polar surface area (TPSA) is 94.9 Å². The molecule has 1 aromatic heterocycles. The molecule has 0 fully saturated rings. The van der Waals surface area contributed by atoms with Crippen molar-refractivity contribution in [3.8, 4) is 11.3 Å². The van der Waals surface area contributed by atoms with Crippen LogP contribution in [0.15, 0.2) is 24.4 Å². The van der Waals surface area contributed by atoms with Gasteiger partial charge in [0.25, 0.3) is 0 Å². The van der Waals surface area contributed by atoms with Gasteiger partial charge in [0, 0.05) is 5.56 Å². The average Bonchev–Trinajstić information content (AvgIpc) is 2.31. The van der Waals surface area contributed by atoms with Crippen molar-refractivity contribution in [1.82, 2.24) is 9.97 Å². The molecule has 2 rings (SSSR count). The predicted molar refractivity (Wildman–Crippen MR) is 63.2 cm³/mol. The van der Waals surface area contributed by atoms with Gasteiger partial charge >= 0.3 is 5.69 Å². The van der Waals surface area contributed by atoms with Crippen molar-refractivity contribution < 1.29 is 9.31 Å². The Morgan fingerprint density at radius 2 is 2.17 bits per heavy atom. The molecule has 2 N–H and O–H groups in total. The number of nitro groups is 1. The van der Waals surface area contributed by atoms with E-state index in [-0.39, 0.29) is 22.9 Å². The summed E-state index contributed by atoms with van der Waals surface area (Å²) in [5, 5.41) is 10.9. The molecular formula is C11H9FN4O2. The lowest BCUT2D eigenvalue weighted by Gasteiger charge is -2.05. The van der Waals surface area contributed by atoms with E-state index in [0.717, 1.165) is 11.8 Å². The van der Waals surface area contributed by atoms with Gasteiger partial charge in [-0.25, -0.2) is 14.4 Å². The molecule has 0 saturated heterocycles. The third kappa shape index (κ3) is 2.10. The molecule has 0 bridgehead atoms. The molecule has 0 aliphatic carbocycles. The number of aryl methyl sites for hydroxylation is 1. The lowest BCUT2D eigenvalue weighted by atomic mass is 10.1. The monoisotopic (exact) mass is 248 g/mol. The minimum Gasteiger partial charge on any atom is -0.368 e. The van der Waals surface area contributed by atoms with E-state index in [1.807, 2.05) is 0 Å². The molecule has 2 aromatic rings. The summed E-state index contributed by atoms with van der Waals surface area (Å²) in [5.74, 6) is -0.738. The Kier molecular flexibility index (Phi) is 2.88. The van der Waals surface area contributed by atoms with Crippen molar-refractivity contribution in [2.45, 2.75) is 6.92 Å². The summed E-state index contributed by atoms with van der Waals surface area (Å²) in [6.45, 7) is 1.75. The Hall–Kier alpha value is -2.57. The van der Waals surface area contributed by atoms with Gasteiger partial charge in [0.2, 0.25) is 5.95 Å². The molecule has 0 aliphatic heterocycles. The fraction of sp³-hybridized carbons (Fsp3) is 0.0909. The summed E-state index contributed by atoms with van der Waals surface area (Å²) in [5.41, 5.74) is 5.69. The fourth-order valence-corrected chi connectivity index (χ4v) is 1.54. The molecule has 0 aliphatic rings. The number of aromatic nitrogens is 2. The van der Waals surface area contributed by atoms with Crippen molar-refractivity contribution in [1.29, 1.82) is 0 Å². The normalized spacial score (nSPS) is 10.3. The van der Waals surface area contributed by atoms with Crippen LogP contribution in [0.3, 0.4) is 0 Å². The number of nitrogen functional groups attached to an aromatic ring is 1. The van der Waals surface area contributed by atoms with E-state index in [1.165, 1.54) is 12.1 Å². The van der Waals surface area contributed by atoms with Crippen LogP contribution in [0.5, 0.6) is 0 Å². The molecule has 18 heavy (non-hydrogen) atoms. The van der Waals surface area contributed by atoms with Crippen LogP contribution in [0, 0.1) is 22.9 Å². The first-order valence-corrected chi connectivity index (χ1v) is 5.02. The molecule has 7 heteroatoms. The standard InChI is InChI=1S/C11H9FN4O2/c1-6-2-3-8(12)7(4-6)10-9(16(17)18)5-14-11(13)15-10/h2-5H,1H3,(H2,13,14,15). The van der Waals surface area contributed by atoms with Crippen molar-refractivity contribution in [2.75, 3.05) is 5.73 Å². The molecule has 92 valence electrons. The van der Waals surface area contributed by atoms with E-state index in [0.29, 0.717) is 0 Å². The van der Waals surface area contributed by atoms with Gasteiger partial charge < -0.3 is 5.73 Å². The SMILES string of the molecule is Cc1ccc(F)c(-c2nc(N)ncc2[N+](=O)[O-])c1. The zero-order chi connectivity index (χ0) is 13.3. The number of anilines is 1. The van der Waals surface area contributed by atoms with Gasteiger partial charge in [-0.15, -0.1) is 0 Å². The van der Waals surface area contributed by atoms with Gasteiger partial charge in [-0.1, -0.05) is 11.6 Å². The van der Waals surface area contributed by atoms with E-state index < -0.39 is 10.7 Å². The summed E-state index contributed by atoms with van der Waals surface area (Å²) in [6.07, 6.45) is 0.972. The van der Waals surface area contributed by atoms with Gasteiger partial charge in [0.15, 0.2) is 5.69 Å². The molecule has 0 saturated carbocycles. The highest BCUT2D eigenvalue weighted by Gasteiger charge is 2.21. The fourth-order valence-electron chi connectivity index (χ4n) is 1.54. The van der Waals surface area contributed by atoms with Gasteiger partial charge in [0.1, 0.15) is 12.0 Å². The number of nitrogens with two attached hydrogens (primary N) is 1. The first kappa shape index (κ1) is 11.9. The lowest BCUT2D eigenvalue weighted by molar-refractivity contribution is -0.384. The average molecular weight is 248 g/mol. The molecule has 6 nitrogen and oxygen atoms in total. The van der Waals surface area contributed by atoms with E-state index in [9.17, 15) is 14.5 Å². The Balaban J connectivity index is 2.73. The number of nitrogens with zero attached hydrogens (tertiary/aromatic N) is 3. The van der Waals surface area contributed by atoms with Crippen molar-refractivity contribution >= 4 is 11.6 Å². The van der Waals surface area contributed by atoms with Crippen LogP contribution in [0.1, 0.15) is 5.56 Å². The highest BCUT2D eigenvalue weighted by molar-refractivity contribution is 5.70. The largest absolute Gasteiger partial charge is 0.368 e. The van der Waals surface area contributed by atoms with Crippen LogP contribution in [0.4, 0.5) is 16.0 Å². The second-order valence-electron chi connectivity index (χ2n) is 3.70. The number of hydrogen-bond donors (Lipinski definition) is 1. The van der Waals surface area contributed by atoms with Crippen LogP contribution in [-0.2, 0) is 0 Å². The van der Waals surface area contributed by atoms with Gasteiger partial charge in [0.05, 0.1) is 4.92 Å². The van der Waals surface area contributed by atoms with Crippen LogP contribution >= 0.6 is 0 Å². The summed E-state index contributed by atoms with van der Waals surface area (Å²) in [4.78, 5) is 17.5. The van der Waals surface area contributed by atoms with Crippen molar-refractivity contribution in [3.05, 3.63) is 45.9 Å². The van der Waals surface area contributed by atoms with Gasteiger partial charge in [-0.2, -0.15) is 0 Å². The summed E-state index contributed by atoms with van der Waals surface area (Å²) >= 11 is 0. The number of halogens is 1. The van der Waals surface area contributed by atoms with Crippen molar-refractivity contribution in [3.63, 3.8) is 0 Å². The molecule has 0 unspecified atom stereocenters. The first-order valence-electron chi connectivity index (χ1n) is 5.02. The van der Waals surface area contributed by atoms with E-state index >= 15 is 0 Å². The summed E-state index contributed by atoms with van der Waals surface area (Å²) in [6, 6.07) is 4.27. The summed E-state index contributed by atoms with van der Waals surface area (Å²) in [7, 11) is 0. The molecule has 0 radical (unpaired) electrons. The highest BCUT2D eigenvalue weighted by Crippen LogP contribution is 2.30. The molecule has 0 amide bonds. The number of rotatable bonds is 2. The second kappa shape index (κ2) is 4.36. The quantitative estimate of drug-likeness (QED) is 0.648. The maximum atomic E-state index is 13.7. The third-order valence-electron chi connectivity index (χ3n) is 2.36. The first-order chi connectivity index (χ1) is 8.49. The Bertz CT molecular complexity index is 630. The highest BCUT2D eigenvalue weighted by atomic mass is 19.1. The third-order valence-corrected chi connectivity index (χ3v) is 2.36. The lowest BCUT2D eigenvalue weighted by Crippen LogP contribution is -2.02. The maximum absolute atomic E-state index is 13.7. The van der Waals surface area contributed by atoms with Gasteiger partial charge in [-0.05, 0) is 19.1 Å². The van der Waals surface area contributed by atoms with E-state index in [2.05, 4.69) is 9.97 Å². The van der Waals surface area contributed by atoms with Crippen LogP contribution in [-0.4, -0.2) is 14.9 Å². The Morgan fingerprint density at radius 3 is 2.83 bits per heavy atom. The van der Waals surface area contributed by atoms with Gasteiger partial charge in [-0.3, -0.25) is 10.1 Å². The van der Waals surface area contributed by atoms with Crippen LogP contribution in [0.2, 0.25) is 0 Å². The van der Waals surface area contributed by atoms with Crippen LogP contribution < -0.4 is 5.73 Å². The Morgan fingerprint density at radius 1 is 1.44 bits per heavy atom. The smallest absolute Gasteiger partial charge is 0.313 e. The van der Waals surface area contributed by atoms with Crippen molar-refractivity contribution in [2.24, 2.45) is 0 Å².